The van der Waals surface area contributed by atoms with E-state index >= 15 is 0 Å². The van der Waals surface area contributed by atoms with Crippen molar-refractivity contribution in [3.8, 4) is 6.07 Å². The van der Waals surface area contributed by atoms with Gasteiger partial charge in [-0.05, 0) is 24.5 Å². The molecule has 0 bridgehead atoms. The molecule has 0 saturated heterocycles. The van der Waals surface area contributed by atoms with Crippen molar-refractivity contribution in [2.24, 2.45) is 0 Å². The van der Waals surface area contributed by atoms with Crippen LogP contribution in [0.5, 0.6) is 0 Å². The van der Waals surface area contributed by atoms with Gasteiger partial charge in [-0.2, -0.15) is 5.26 Å². The summed E-state index contributed by atoms with van der Waals surface area (Å²) >= 11 is 3.49. The molecule has 1 unspecified atom stereocenters. The van der Waals surface area contributed by atoms with Gasteiger partial charge in [-0.15, -0.1) is 23.5 Å². The van der Waals surface area contributed by atoms with Gasteiger partial charge in [0, 0.05) is 21.2 Å². The second-order valence-electron chi connectivity index (χ2n) is 3.00. The summed E-state index contributed by atoms with van der Waals surface area (Å²) in [6.45, 7) is 0. The molecule has 1 atom stereocenters. The van der Waals surface area contributed by atoms with Gasteiger partial charge >= 0.3 is 0 Å². The molecule has 1 aliphatic heterocycles. The molecule has 2 nitrogen and oxygen atoms in total. The third kappa shape index (κ3) is 1.84. The number of fused-ring (bicyclic) bond motifs is 1. The van der Waals surface area contributed by atoms with Crippen LogP contribution in [-0.4, -0.2) is 18.1 Å². The van der Waals surface area contributed by atoms with Crippen molar-refractivity contribution in [1.82, 2.24) is 0 Å². The second kappa shape index (κ2) is 4.16. The van der Waals surface area contributed by atoms with Crippen LogP contribution in [0.15, 0.2) is 28.0 Å². The molecule has 0 aliphatic carbocycles. The molecule has 1 aromatic carbocycles. The molecule has 0 saturated carbocycles. The molecule has 0 fully saturated rings. The summed E-state index contributed by atoms with van der Waals surface area (Å²) in [5.74, 6) is 0.835. The van der Waals surface area contributed by atoms with Gasteiger partial charge in [-0.3, -0.25) is 0 Å². The Labute approximate surface area is 92.1 Å². The minimum Gasteiger partial charge on any atom is -0.368 e. The van der Waals surface area contributed by atoms with E-state index in [9.17, 15) is 0 Å². The van der Waals surface area contributed by atoms with E-state index in [0.717, 1.165) is 11.4 Å². The Morgan fingerprint density at radius 3 is 3.21 bits per heavy atom. The van der Waals surface area contributed by atoms with E-state index in [1.165, 1.54) is 9.79 Å². The van der Waals surface area contributed by atoms with Gasteiger partial charge in [0.1, 0.15) is 6.04 Å². The van der Waals surface area contributed by atoms with Gasteiger partial charge in [-0.25, -0.2) is 0 Å². The smallest absolute Gasteiger partial charge is 0.124 e. The van der Waals surface area contributed by atoms with Crippen LogP contribution in [0.4, 0.5) is 5.69 Å². The molecule has 1 heterocycles. The van der Waals surface area contributed by atoms with E-state index in [1.807, 2.05) is 0 Å². The highest BCUT2D eigenvalue weighted by atomic mass is 32.2. The van der Waals surface area contributed by atoms with Gasteiger partial charge in [0.15, 0.2) is 0 Å². The van der Waals surface area contributed by atoms with Crippen molar-refractivity contribution < 1.29 is 0 Å². The molecule has 72 valence electrons. The molecular formula is C10H10N2S2. The maximum absolute atomic E-state index is 8.79. The lowest BCUT2D eigenvalue weighted by molar-refractivity contribution is 0.994. The number of anilines is 1. The summed E-state index contributed by atoms with van der Waals surface area (Å²) in [5.41, 5.74) is 1.09. The minimum atomic E-state index is -0.0485. The van der Waals surface area contributed by atoms with E-state index in [2.05, 4.69) is 35.8 Å². The number of hydrogen-bond acceptors (Lipinski definition) is 4. The topological polar surface area (TPSA) is 35.8 Å². The van der Waals surface area contributed by atoms with Gasteiger partial charge in [0.05, 0.1) is 6.07 Å². The molecule has 4 heteroatoms. The zero-order valence-electron chi connectivity index (χ0n) is 7.78. The van der Waals surface area contributed by atoms with Crippen LogP contribution < -0.4 is 5.32 Å². The van der Waals surface area contributed by atoms with Crippen molar-refractivity contribution in [2.75, 3.05) is 17.3 Å². The predicted octanol–water partition coefficient (Wildman–Crippen LogP) is 2.82. The van der Waals surface area contributed by atoms with Crippen molar-refractivity contribution in [1.29, 1.82) is 5.26 Å². The van der Waals surface area contributed by atoms with Crippen LogP contribution in [0.1, 0.15) is 0 Å². The molecular weight excluding hydrogens is 212 g/mol. The van der Waals surface area contributed by atoms with Crippen LogP contribution in [0.2, 0.25) is 0 Å². The fourth-order valence-electron chi connectivity index (χ4n) is 1.34. The van der Waals surface area contributed by atoms with Crippen LogP contribution in [0.3, 0.4) is 0 Å². The van der Waals surface area contributed by atoms with Crippen LogP contribution in [0.25, 0.3) is 0 Å². The van der Waals surface area contributed by atoms with Crippen molar-refractivity contribution >= 4 is 29.2 Å². The Balaban J connectivity index is 2.29. The summed E-state index contributed by atoms with van der Waals surface area (Å²) in [5, 5.41) is 12.0. The van der Waals surface area contributed by atoms with Gasteiger partial charge in [0.2, 0.25) is 0 Å². The summed E-state index contributed by atoms with van der Waals surface area (Å²) in [6.07, 6.45) is 2.07. The Morgan fingerprint density at radius 1 is 1.64 bits per heavy atom. The minimum absolute atomic E-state index is 0.0485. The monoisotopic (exact) mass is 222 g/mol. The standard InChI is InChI=1S/C10H10N2S2/c1-13-8-2-3-9-10(4-8)14-6-7(5-11)12-9/h2-4,7,12H,6H2,1H3. The number of nitriles is 1. The summed E-state index contributed by atoms with van der Waals surface area (Å²) in [6, 6.07) is 8.49. The van der Waals surface area contributed by atoms with E-state index in [4.69, 9.17) is 5.26 Å². The average Bonchev–Trinajstić information content (AvgIpc) is 2.27. The van der Waals surface area contributed by atoms with E-state index in [0.29, 0.717) is 0 Å². The van der Waals surface area contributed by atoms with Crippen molar-refractivity contribution in [3.63, 3.8) is 0 Å². The maximum atomic E-state index is 8.79. The lowest BCUT2D eigenvalue weighted by Crippen LogP contribution is -2.23. The zero-order chi connectivity index (χ0) is 9.97. The summed E-state index contributed by atoms with van der Waals surface area (Å²) in [7, 11) is 0. The van der Waals surface area contributed by atoms with Crippen molar-refractivity contribution in [2.45, 2.75) is 15.8 Å². The maximum Gasteiger partial charge on any atom is 0.124 e. The fraction of sp³-hybridized carbons (Fsp3) is 0.300. The highest BCUT2D eigenvalue weighted by Gasteiger charge is 2.17. The lowest BCUT2D eigenvalue weighted by atomic mass is 10.2. The predicted molar refractivity (Wildman–Crippen MR) is 62.0 cm³/mol. The highest BCUT2D eigenvalue weighted by molar-refractivity contribution is 8.00. The largest absolute Gasteiger partial charge is 0.368 e. The SMILES string of the molecule is CSc1ccc2c(c1)SCC(C#N)N2. The number of nitrogens with zero attached hydrogens (tertiary/aromatic N) is 1. The van der Waals surface area contributed by atoms with Gasteiger partial charge in [-0.1, -0.05) is 0 Å². The number of nitrogens with one attached hydrogen (secondary N) is 1. The Hall–Kier alpha value is -0.790. The van der Waals surface area contributed by atoms with Crippen molar-refractivity contribution in [3.05, 3.63) is 18.2 Å². The molecule has 2 rings (SSSR count). The van der Waals surface area contributed by atoms with Crippen LogP contribution >= 0.6 is 23.5 Å². The molecule has 0 aromatic heterocycles. The third-order valence-electron chi connectivity index (χ3n) is 2.08. The number of thioether (sulfide) groups is 2. The number of hydrogen-bond donors (Lipinski definition) is 1. The molecule has 0 spiro atoms. The Bertz CT molecular complexity index is 384. The highest BCUT2D eigenvalue weighted by Crippen LogP contribution is 2.35. The molecule has 0 radical (unpaired) electrons. The number of benzene rings is 1. The van der Waals surface area contributed by atoms with E-state index in [1.54, 1.807) is 23.5 Å². The second-order valence-corrected chi connectivity index (χ2v) is 4.94. The average molecular weight is 222 g/mol. The molecule has 1 N–H and O–H groups in total. The quantitative estimate of drug-likeness (QED) is 0.741. The summed E-state index contributed by atoms with van der Waals surface area (Å²) < 4.78 is 0. The first-order valence-electron chi connectivity index (χ1n) is 4.30. The van der Waals surface area contributed by atoms with Crippen LogP contribution in [-0.2, 0) is 0 Å². The molecule has 1 aromatic rings. The molecule has 0 amide bonds. The Morgan fingerprint density at radius 2 is 2.50 bits per heavy atom. The Kier molecular flexibility index (Phi) is 2.90. The third-order valence-corrected chi connectivity index (χ3v) is 3.95. The zero-order valence-corrected chi connectivity index (χ0v) is 9.41. The van der Waals surface area contributed by atoms with Crippen LogP contribution in [0, 0.1) is 11.3 Å². The van der Waals surface area contributed by atoms with E-state index in [-0.39, 0.29) is 6.04 Å². The first-order chi connectivity index (χ1) is 6.83. The van der Waals surface area contributed by atoms with Gasteiger partial charge < -0.3 is 5.32 Å². The summed E-state index contributed by atoms with van der Waals surface area (Å²) in [4.78, 5) is 2.52. The first-order valence-corrected chi connectivity index (χ1v) is 6.51. The first kappa shape index (κ1) is 9.75. The van der Waals surface area contributed by atoms with Gasteiger partial charge in [0.25, 0.3) is 0 Å². The molecule has 1 aliphatic rings. The fourth-order valence-corrected chi connectivity index (χ4v) is 2.85. The molecule has 14 heavy (non-hydrogen) atoms. The normalized spacial score (nSPS) is 19.3. The van der Waals surface area contributed by atoms with E-state index < -0.39 is 0 Å². The lowest BCUT2D eigenvalue weighted by Gasteiger charge is -2.21. The number of rotatable bonds is 1.